The van der Waals surface area contributed by atoms with Crippen LogP contribution >= 0.6 is 15.9 Å². The van der Waals surface area contributed by atoms with E-state index in [0.29, 0.717) is 16.7 Å². The summed E-state index contributed by atoms with van der Waals surface area (Å²) >= 11 is 3.26. The van der Waals surface area contributed by atoms with Crippen molar-refractivity contribution in [2.75, 3.05) is 5.32 Å². The van der Waals surface area contributed by atoms with Gasteiger partial charge in [0, 0.05) is 17.1 Å². The molecule has 1 aromatic heterocycles. The van der Waals surface area contributed by atoms with E-state index in [1.54, 1.807) is 16.9 Å². The molecule has 1 heterocycles. The number of aromatic carboxylic acids is 1. The van der Waals surface area contributed by atoms with Crippen molar-refractivity contribution < 1.29 is 14.7 Å². The summed E-state index contributed by atoms with van der Waals surface area (Å²) in [5.74, 6) is -1.28. The Bertz CT molecular complexity index is 628. The van der Waals surface area contributed by atoms with Gasteiger partial charge in [0.05, 0.1) is 24.0 Å². The van der Waals surface area contributed by atoms with Gasteiger partial charge in [0.1, 0.15) is 0 Å². The molecule has 0 fully saturated rings. The Kier molecular flexibility index (Phi) is 4.46. The van der Waals surface area contributed by atoms with Crippen LogP contribution in [0.1, 0.15) is 16.8 Å². The predicted octanol–water partition coefficient (Wildman–Crippen LogP) is 1.77. The van der Waals surface area contributed by atoms with Crippen LogP contribution in [0.25, 0.3) is 0 Å². The van der Waals surface area contributed by atoms with E-state index >= 15 is 0 Å². The van der Waals surface area contributed by atoms with Gasteiger partial charge >= 0.3 is 5.97 Å². The van der Waals surface area contributed by atoms with E-state index in [-0.39, 0.29) is 17.9 Å². The highest BCUT2D eigenvalue weighted by molar-refractivity contribution is 9.10. The van der Waals surface area contributed by atoms with Crippen molar-refractivity contribution >= 4 is 33.5 Å². The molecule has 0 saturated heterocycles. The van der Waals surface area contributed by atoms with Crippen molar-refractivity contribution in [1.82, 2.24) is 15.0 Å². The van der Waals surface area contributed by atoms with Crippen LogP contribution in [-0.2, 0) is 11.3 Å². The number of rotatable bonds is 5. The molecule has 0 aliphatic rings. The minimum Gasteiger partial charge on any atom is -0.478 e. The van der Waals surface area contributed by atoms with E-state index in [1.807, 2.05) is 0 Å². The van der Waals surface area contributed by atoms with Crippen molar-refractivity contribution in [3.8, 4) is 0 Å². The molecule has 8 heteroatoms. The number of anilines is 1. The molecule has 0 unspecified atom stereocenters. The van der Waals surface area contributed by atoms with Crippen molar-refractivity contribution in [3.63, 3.8) is 0 Å². The van der Waals surface area contributed by atoms with E-state index in [9.17, 15) is 9.59 Å². The molecule has 0 atom stereocenters. The zero-order valence-corrected chi connectivity index (χ0v) is 11.9. The molecule has 2 N–H and O–H groups in total. The van der Waals surface area contributed by atoms with Gasteiger partial charge in [0.25, 0.3) is 0 Å². The van der Waals surface area contributed by atoms with Crippen LogP contribution in [0.2, 0.25) is 0 Å². The van der Waals surface area contributed by atoms with E-state index < -0.39 is 5.97 Å². The van der Waals surface area contributed by atoms with Crippen molar-refractivity contribution in [1.29, 1.82) is 0 Å². The van der Waals surface area contributed by atoms with Gasteiger partial charge < -0.3 is 10.4 Å². The van der Waals surface area contributed by atoms with Crippen LogP contribution < -0.4 is 5.32 Å². The second-order valence-electron chi connectivity index (χ2n) is 3.96. The Labute approximate surface area is 122 Å². The number of carboxylic acid groups (broad SMARTS) is 1. The molecule has 1 aromatic carbocycles. The molecule has 1 amide bonds. The first-order valence-electron chi connectivity index (χ1n) is 5.73. The summed E-state index contributed by atoms with van der Waals surface area (Å²) in [7, 11) is 0. The standard InChI is InChI=1S/C12H11BrN4O3/c13-9-2-1-8(12(19)20)7-10(9)15-11(18)3-5-17-6-4-14-16-17/h1-2,4,6-7H,3,5H2,(H,15,18)(H,19,20). The number of aromatic nitrogens is 3. The molecular formula is C12H11BrN4O3. The maximum Gasteiger partial charge on any atom is 0.335 e. The monoisotopic (exact) mass is 338 g/mol. The summed E-state index contributed by atoms with van der Waals surface area (Å²) < 4.78 is 2.17. The second kappa shape index (κ2) is 6.29. The van der Waals surface area contributed by atoms with Crippen molar-refractivity contribution in [3.05, 3.63) is 40.6 Å². The molecule has 0 aliphatic carbocycles. The Morgan fingerprint density at radius 2 is 2.20 bits per heavy atom. The number of halogens is 1. The first kappa shape index (κ1) is 14.2. The number of carbonyl (C=O) groups is 2. The average Bonchev–Trinajstić information content (AvgIpc) is 2.92. The van der Waals surface area contributed by atoms with Gasteiger partial charge in [-0.25, -0.2) is 4.79 Å². The minimum atomic E-state index is -1.05. The van der Waals surface area contributed by atoms with Gasteiger partial charge in [-0.05, 0) is 34.1 Å². The number of aryl methyl sites for hydroxylation is 1. The number of benzene rings is 1. The Hall–Kier alpha value is -2.22. The Morgan fingerprint density at radius 3 is 2.85 bits per heavy atom. The SMILES string of the molecule is O=C(CCn1ccnn1)Nc1cc(C(=O)O)ccc1Br. The molecule has 0 spiro atoms. The highest BCUT2D eigenvalue weighted by Gasteiger charge is 2.10. The smallest absolute Gasteiger partial charge is 0.335 e. The molecule has 0 bridgehead atoms. The Balaban J connectivity index is 2.00. The third-order valence-corrected chi connectivity index (χ3v) is 3.22. The van der Waals surface area contributed by atoms with Gasteiger partial charge in [-0.3, -0.25) is 9.48 Å². The molecule has 104 valence electrons. The number of hydrogen-bond donors (Lipinski definition) is 2. The second-order valence-corrected chi connectivity index (χ2v) is 4.82. The predicted molar refractivity (Wildman–Crippen MR) is 74.4 cm³/mol. The molecule has 0 saturated carbocycles. The van der Waals surface area contributed by atoms with Crippen LogP contribution in [0.4, 0.5) is 5.69 Å². The molecule has 0 radical (unpaired) electrons. The van der Waals surface area contributed by atoms with Crippen molar-refractivity contribution in [2.24, 2.45) is 0 Å². The number of nitrogens with one attached hydrogen (secondary N) is 1. The van der Waals surface area contributed by atoms with E-state index in [1.165, 1.54) is 18.3 Å². The van der Waals surface area contributed by atoms with Gasteiger partial charge in [-0.1, -0.05) is 5.21 Å². The van der Waals surface area contributed by atoms with Crippen LogP contribution in [0.5, 0.6) is 0 Å². The summed E-state index contributed by atoms with van der Waals surface area (Å²) in [6, 6.07) is 4.44. The lowest BCUT2D eigenvalue weighted by molar-refractivity contribution is -0.116. The number of hydrogen-bond acceptors (Lipinski definition) is 4. The van der Waals surface area contributed by atoms with Gasteiger partial charge in [0.15, 0.2) is 0 Å². The fourth-order valence-corrected chi connectivity index (χ4v) is 1.88. The van der Waals surface area contributed by atoms with Crippen molar-refractivity contribution in [2.45, 2.75) is 13.0 Å². The van der Waals surface area contributed by atoms with Gasteiger partial charge in [0.2, 0.25) is 5.91 Å². The summed E-state index contributed by atoms with van der Waals surface area (Å²) in [4.78, 5) is 22.7. The van der Waals surface area contributed by atoms with Crippen LogP contribution in [-0.4, -0.2) is 32.0 Å². The minimum absolute atomic E-state index is 0.111. The van der Waals surface area contributed by atoms with Crippen LogP contribution in [0.3, 0.4) is 0 Å². The summed E-state index contributed by atoms with van der Waals surface area (Å²) in [5, 5.41) is 19.0. The lowest BCUT2D eigenvalue weighted by Gasteiger charge is -2.08. The van der Waals surface area contributed by atoms with Crippen LogP contribution in [0.15, 0.2) is 35.1 Å². The maximum atomic E-state index is 11.8. The topological polar surface area (TPSA) is 97.1 Å². The highest BCUT2D eigenvalue weighted by atomic mass is 79.9. The largest absolute Gasteiger partial charge is 0.478 e. The molecule has 0 aliphatic heterocycles. The zero-order chi connectivity index (χ0) is 14.5. The summed E-state index contributed by atoms with van der Waals surface area (Å²) in [6.07, 6.45) is 3.41. The normalized spacial score (nSPS) is 10.2. The maximum absolute atomic E-state index is 11.8. The fraction of sp³-hybridized carbons (Fsp3) is 0.167. The van der Waals surface area contributed by atoms with E-state index in [0.717, 1.165) is 0 Å². The third-order valence-electron chi connectivity index (χ3n) is 2.53. The summed E-state index contributed by atoms with van der Waals surface area (Å²) in [6.45, 7) is 0.405. The molecule has 2 rings (SSSR count). The highest BCUT2D eigenvalue weighted by Crippen LogP contribution is 2.23. The lowest BCUT2D eigenvalue weighted by Crippen LogP contribution is -2.15. The molecular weight excluding hydrogens is 328 g/mol. The quantitative estimate of drug-likeness (QED) is 0.865. The molecule has 7 nitrogen and oxygen atoms in total. The zero-order valence-electron chi connectivity index (χ0n) is 10.3. The summed E-state index contributed by atoms with van der Waals surface area (Å²) in [5.41, 5.74) is 0.535. The van der Waals surface area contributed by atoms with Gasteiger partial charge in [-0.15, -0.1) is 5.10 Å². The molecule has 2 aromatic rings. The average molecular weight is 339 g/mol. The number of carboxylic acids is 1. The number of nitrogens with zero attached hydrogens (tertiary/aromatic N) is 3. The Morgan fingerprint density at radius 1 is 1.40 bits per heavy atom. The fourth-order valence-electron chi connectivity index (χ4n) is 1.53. The first-order valence-corrected chi connectivity index (χ1v) is 6.52. The van der Waals surface area contributed by atoms with E-state index in [4.69, 9.17) is 5.11 Å². The lowest BCUT2D eigenvalue weighted by atomic mass is 10.2. The number of amides is 1. The first-order chi connectivity index (χ1) is 9.56. The number of carbonyl (C=O) groups excluding carboxylic acids is 1. The third kappa shape index (κ3) is 3.64. The molecule has 20 heavy (non-hydrogen) atoms. The van der Waals surface area contributed by atoms with E-state index in [2.05, 4.69) is 31.6 Å². The van der Waals surface area contributed by atoms with Gasteiger partial charge in [-0.2, -0.15) is 0 Å². The van der Waals surface area contributed by atoms with Crippen LogP contribution in [0, 0.1) is 0 Å².